The van der Waals surface area contributed by atoms with Gasteiger partial charge in [0, 0.05) is 38.5 Å². The van der Waals surface area contributed by atoms with Crippen LogP contribution in [0.4, 0.5) is 0 Å². The molecule has 4 heteroatoms. The lowest BCUT2D eigenvalue weighted by Crippen LogP contribution is -2.02. The van der Waals surface area contributed by atoms with Crippen LogP contribution >= 0.6 is 0 Å². The highest BCUT2D eigenvalue weighted by atomic mass is 15.0. The SMILES string of the molecule is c1ccc(-c2nc(-c3cccc(-n4c5ccccc5c5ccccc54)c3)nc(-c3cccc4c(-c5ccccc5)c(-c5ccccc5)c5ccccc5c34)n2)cc1. The van der Waals surface area contributed by atoms with Gasteiger partial charge in [0.25, 0.3) is 0 Å². The minimum Gasteiger partial charge on any atom is -0.309 e. The molecule has 11 aromatic rings. The number of rotatable bonds is 6. The van der Waals surface area contributed by atoms with E-state index in [1.165, 1.54) is 32.8 Å². The first-order chi connectivity index (χ1) is 28.3. The topological polar surface area (TPSA) is 43.6 Å². The quantitative estimate of drug-likeness (QED) is 0.160. The Labute approximate surface area is 330 Å². The van der Waals surface area contributed by atoms with Gasteiger partial charge in [-0.05, 0) is 62.7 Å². The van der Waals surface area contributed by atoms with Crippen LogP contribution in [-0.4, -0.2) is 19.5 Å². The zero-order valence-corrected chi connectivity index (χ0v) is 30.9. The Hall–Kier alpha value is -7.69. The molecular formula is C53H34N4. The normalized spacial score (nSPS) is 11.5. The summed E-state index contributed by atoms with van der Waals surface area (Å²) in [7, 11) is 0. The van der Waals surface area contributed by atoms with E-state index in [9.17, 15) is 0 Å². The molecule has 0 saturated heterocycles. The second kappa shape index (κ2) is 13.6. The van der Waals surface area contributed by atoms with Gasteiger partial charge in [0.1, 0.15) is 0 Å². The smallest absolute Gasteiger partial charge is 0.164 e. The molecule has 0 saturated carbocycles. The fraction of sp³-hybridized carbons (Fsp3) is 0. The van der Waals surface area contributed by atoms with Crippen molar-refractivity contribution in [3.05, 3.63) is 206 Å². The fourth-order valence-electron chi connectivity index (χ4n) is 8.56. The summed E-state index contributed by atoms with van der Waals surface area (Å²) in [4.78, 5) is 15.8. The van der Waals surface area contributed by atoms with E-state index in [1.807, 2.05) is 18.2 Å². The van der Waals surface area contributed by atoms with Crippen LogP contribution in [0.25, 0.3) is 105 Å². The summed E-state index contributed by atoms with van der Waals surface area (Å²) < 4.78 is 2.33. The molecular weight excluding hydrogens is 693 g/mol. The lowest BCUT2D eigenvalue weighted by molar-refractivity contribution is 1.07. The fourth-order valence-corrected chi connectivity index (χ4v) is 8.56. The van der Waals surface area contributed by atoms with Crippen molar-refractivity contribution in [2.24, 2.45) is 0 Å². The van der Waals surface area contributed by atoms with Crippen LogP contribution in [-0.2, 0) is 0 Å². The largest absolute Gasteiger partial charge is 0.309 e. The Morgan fingerprint density at radius 1 is 0.298 bits per heavy atom. The molecule has 0 radical (unpaired) electrons. The first kappa shape index (κ1) is 32.7. The van der Waals surface area contributed by atoms with E-state index in [0.717, 1.165) is 55.1 Å². The first-order valence-corrected chi connectivity index (χ1v) is 19.3. The van der Waals surface area contributed by atoms with Crippen molar-refractivity contribution in [2.75, 3.05) is 0 Å². The molecule has 0 fully saturated rings. The molecule has 0 aliphatic carbocycles. The summed E-state index contributed by atoms with van der Waals surface area (Å²) in [6.45, 7) is 0. The maximum Gasteiger partial charge on any atom is 0.164 e. The third-order valence-electron chi connectivity index (χ3n) is 11.0. The van der Waals surface area contributed by atoms with Gasteiger partial charge in [-0.3, -0.25) is 0 Å². The number of benzene rings is 9. The molecule has 11 rings (SSSR count). The number of aromatic nitrogens is 4. The van der Waals surface area contributed by atoms with Gasteiger partial charge in [-0.2, -0.15) is 0 Å². The van der Waals surface area contributed by atoms with Crippen molar-refractivity contribution in [3.8, 4) is 62.1 Å². The molecule has 0 atom stereocenters. The average molecular weight is 727 g/mol. The standard InChI is InChI=1S/C53H34N4/c1-4-18-35(19-5-1)48-42-28-10-11-29-43(42)50-44(49(48)36-20-6-2-7-21-36)30-17-31-45(50)53-55-51(37-22-8-3-9-23-37)54-52(56-53)38-24-16-25-39(34-38)57-46-32-14-12-26-40(46)41-27-13-15-33-47(41)57/h1-34H. The molecule has 0 aliphatic heterocycles. The Kier molecular flexibility index (Phi) is 7.78. The molecule has 0 N–H and O–H groups in total. The Bertz CT molecular complexity index is 3230. The van der Waals surface area contributed by atoms with Crippen LogP contribution in [0.5, 0.6) is 0 Å². The molecule has 0 aliphatic rings. The van der Waals surface area contributed by atoms with Gasteiger partial charge in [-0.25, -0.2) is 15.0 Å². The first-order valence-electron chi connectivity index (χ1n) is 19.3. The minimum absolute atomic E-state index is 0.618. The van der Waals surface area contributed by atoms with E-state index >= 15 is 0 Å². The molecule has 0 amide bonds. The number of fused-ring (bicyclic) bond motifs is 6. The van der Waals surface area contributed by atoms with Crippen LogP contribution in [0.15, 0.2) is 206 Å². The molecule has 0 spiro atoms. The number of nitrogens with zero attached hydrogens (tertiary/aromatic N) is 4. The predicted molar refractivity (Wildman–Crippen MR) is 236 cm³/mol. The monoisotopic (exact) mass is 726 g/mol. The van der Waals surface area contributed by atoms with Gasteiger partial charge in [-0.15, -0.1) is 0 Å². The Morgan fingerprint density at radius 2 is 0.737 bits per heavy atom. The summed E-state index contributed by atoms with van der Waals surface area (Å²) in [5, 5.41) is 7.04. The van der Waals surface area contributed by atoms with Gasteiger partial charge < -0.3 is 4.57 Å². The molecule has 4 nitrogen and oxygen atoms in total. The minimum atomic E-state index is 0.618. The highest BCUT2D eigenvalue weighted by molar-refractivity contribution is 6.25. The number of hydrogen-bond donors (Lipinski definition) is 0. The molecule has 0 bridgehead atoms. The summed E-state index contributed by atoms with van der Waals surface area (Å²) in [6, 6.07) is 72.7. The predicted octanol–water partition coefficient (Wildman–Crippen LogP) is 13.6. The second-order valence-corrected chi connectivity index (χ2v) is 14.3. The van der Waals surface area contributed by atoms with Crippen LogP contribution in [0.1, 0.15) is 0 Å². The molecule has 57 heavy (non-hydrogen) atoms. The van der Waals surface area contributed by atoms with Gasteiger partial charge in [0.05, 0.1) is 11.0 Å². The summed E-state index contributed by atoms with van der Waals surface area (Å²) in [5.74, 6) is 1.87. The van der Waals surface area contributed by atoms with Gasteiger partial charge in [-0.1, -0.05) is 182 Å². The van der Waals surface area contributed by atoms with Gasteiger partial charge in [0.2, 0.25) is 0 Å². The van der Waals surface area contributed by atoms with Gasteiger partial charge in [0.15, 0.2) is 17.5 Å². The zero-order valence-electron chi connectivity index (χ0n) is 30.9. The maximum atomic E-state index is 5.35. The lowest BCUT2D eigenvalue weighted by Gasteiger charge is -2.20. The highest BCUT2D eigenvalue weighted by Gasteiger charge is 2.22. The average Bonchev–Trinajstić information content (AvgIpc) is 3.63. The summed E-state index contributed by atoms with van der Waals surface area (Å²) in [5.41, 5.74) is 10.9. The van der Waals surface area contributed by atoms with Crippen molar-refractivity contribution >= 4 is 43.4 Å². The van der Waals surface area contributed by atoms with Crippen molar-refractivity contribution in [1.29, 1.82) is 0 Å². The van der Waals surface area contributed by atoms with Crippen molar-refractivity contribution < 1.29 is 0 Å². The summed E-state index contributed by atoms with van der Waals surface area (Å²) in [6.07, 6.45) is 0. The lowest BCUT2D eigenvalue weighted by atomic mass is 9.83. The third-order valence-corrected chi connectivity index (χ3v) is 11.0. The van der Waals surface area contributed by atoms with Gasteiger partial charge >= 0.3 is 0 Å². The maximum absolute atomic E-state index is 5.35. The van der Waals surface area contributed by atoms with Crippen LogP contribution in [0.3, 0.4) is 0 Å². The number of para-hydroxylation sites is 2. The zero-order chi connectivity index (χ0) is 37.7. The Balaban J connectivity index is 1.19. The van der Waals surface area contributed by atoms with Crippen LogP contribution in [0, 0.1) is 0 Å². The molecule has 0 unspecified atom stereocenters. The Morgan fingerprint density at radius 3 is 1.37 bits per heavy atom. The molecule has 2 aromatic heterocycles. The van der Waals surface area contributed by atoms with E-state index in [1.54, 1.807) is 0 Å². The van der Waals surface area contributed by atoms with Crippen molar-refractivity contribution in [1.82, 2.24) is 19.5 Å². The van der Waals surface area contributed by atoms with E-state index in [0.29, 0.717) is 17.5 Å². The van der Waals surface area contributed by atoms with Crippen molar-refractivity contribution in [2.45, 2.75) is 0 Å². The third kappa shape index (κ3) is 5.50. The number of hydrogen-bond acceptors (Lipinski definition) is 3. The summed E-state index contributed by atoms with van der Waals surface area (Å²) >= 11 is 0. The van der Waals surface area contributed by atoms with E-state index in [-0.39, 0.29) is 0 Å². The molecule has 9 aromatic carbocycles. The van der Waals surface area contributed by atoms with Crippen LogP contribution in [0.2, 0.25) is 0 Å². The highest BCUT2D eigenvalue weighted by Crippen LogP contribution is 2.47. The second-order valence-electron chi connectivity index (χ2n) is 14.3. The van der Waals surface area contributed by atoms with Crippen molar-refractivity contribution in [3.63, 3.8) is 0 Å². The molecule has 2 heterocycles. The van der Waals surface area contributed by atoms with E-state index in [2.05, 4.69) is 193 Å². The van der Waals surface area contributed by atoms with Crippen LogP contribution < -0.4 is 0 Å². The molecule has 266 valence electrons. The van der Waals surface area contributed by atoms with E-state index in [4.69, 9.17) is 15.0 Å². The van der Waals surface area contributed by atoms with E-state index < -0.39 is 0 Å².